The quantitative estimate of drug-likeness (QED) is 0.600. The second-order valence-corrected chi connectivity index (χ2v) is 8.44. The molecule has 0 spiro atoms. The molecule has 0 unspecified atom stereocenters. The van der Waals surface area contributed by atoms with Crippen molar-refractivity contribution in [3.8, 4) is 0 Å². The molecule has 0 atom stereocenters. The molecule has 0 radical (unpaired) electrons. The summed E-state index contributed by atoms with van der Waals surface area (Å²) in [6, 6.07) is 22.9. The first-order chi connectivity index (χ1) is 13.6. The SMILES string of the molecule is O=C(CSC1c2ccccc2Sc2ccccc21)Nc1ccccc1C(=O)O. The monoisotopic (exact) mass is 407 g/mol. The standard InChI is InChI=1S/C22H17NO3S2/c24-20(23-17-10-4-1-7-14(17)22(25)26)13-27-21-15-8-2-5-11-18(15)28-19-12-6-3-9-16(19)21/h1-12,21H,13H2,(H,23,24)(H,25,26). The summed E-state index contributed by atoms with van der Waals surface area (Å²) in [5.41, 5.74) is 2.82. The van der Waals surface area contributed by atoms with Crippen molar-refractivity contribution >= 4 is 41.1 Å². The largest absolute Gasteiger partial charge is 0.478 e. The van der Waals surface area contributed by atoms with Gasteiger partial charge in [-0.15, -0.1) is 11.8 Å². The number of aromatic carboxylic acids is 1. The van der Waals surface area contributed by atoms with Crippen LogP contribution < -0.4 is 5.32 Å². The Morgan fingerprint density at radius 1 is 0.893 bits per heavy atom. The molecule has 6 heteroatoms. The van der Waals surface area contributed by atoms with Crippen LogP contribution in [-0.4, -0.2) is 22.7 Å². The zero-order valence-corrected chi connectivity index (χ0v) is 16.4. The number of hydrogen-bond donors (Lipinski definition) is 2. The highest BCUT2D eigenvalue weighted by atomic mass is 32.2. The van der Waals surface area contributed by atoms with E-state index in [1.54, 1.807) is 41.7 Å². The fourth-order valence-electron chi connectivity index (χ4n) is 3.17. The Labute approximate surface area is 171 Å². The number of amides is 1. The smallest absolute Gasteiger partial charge is 0.337 e. The highest BCUT2D eigenvalue weighted by Gasteiger charge is 2.26. The zero-order valence-electron chi connectivity index (χ0n) is 14.8. The highest BCUT2D eigenvalue weighted by Crippen LogP contribution is 2.50. The number of fused-ring (bicyclic) bond motifs is 2. The topological polar surface area (TPSA) is 66.4 Å². The third-order valence-electron chi connectivity index (χ3n) is 4.44. The molecule has 4 nitrogen and oxygen atoms in total. The number of para-hydroxylation sites is 1. The van der Waals surface area contributed by atoms with E-state index in [0.717, 1.165) is 0 Å². The summed E-state index contributed by atoms with van der Waals surface area (Å²) in [4.78, 5) is 26.3. The summed E-state index contributed by atoms with van der Waals surface area (Å²) < 4.78 is 0. The number of carbonyl (C=O) groups is 2. The molecule has 28 heavy (non-hydrogen) atoms. The van der Waals surface area contributed by atoms with Gasteiger partial charge in [-0.2, -0.15) is 0 Å². The molecule has 0 saturated heterocycles. The average molecular weight is 408 g/mol. The highest BCUT2D eigenvalue weighted by molar-refractivity contribution is 8.01. The van der Waals surface area contributed by atoms with E-state index in [4.69, 9.17) is 0 Å². The molecule has 1 aliphatic heterocycles. The molecule has 1 amide bonds. The summed E-state index contributed by atoms with van der Waals surface area (Å²) in [6.45, 7) is 0. The third-order valence-corrected chi connectivity index (χ3v) is 6.89. The van der Waals surface area contributed by atoms with Crippen LogP contribution in [0.15, 0.2) is 82.6 Å². The van der Waals surface area contributed by atoms with Gasteiger partial charge < -0.3 is 10.4 Å². The molecular formula is C22H17NO3S2. The number of thioether (sulfide) groups is 1. The first-order valence-electron chi connectivity index (χ1n) is 8.73. The van der Waals surface area contributed by atoms with E-state index in [1.165, 1.54) is 27.0 Å². The second kappa shape index (κ2) is 8.12. The van der Waals surface area contributed by atoms with E-state index in [-0.39, 0.29) is 22.5 Å². The number of rotatable bonds is 5. The molecule has 0 aliphatic carbocycles. The lowest BCUT2D eigenvalue weighted by Gasteiger charge is -2.27. The number of carbonyl (C=O) groups excluding carboxylic acids is 1. The number of anilines is 1. The Balaban J connectivity index is 1.53. The first kappa shape index (κ1) is 18.7. The normalized spacial score (nSPS) is 12.7. The maximum atomic E-state index is 12.5. The molecule has 0 aromatic heterocycles. The molecule has 140 valence electrons. The van der Waals surface area contributed by atoms with Crippen LogP contribution in [0.25, 0.3) is 0 Å². The van der Waals surface area contributed by atoms with Crippen molar-refractivity contribution in [1.29, 1.82) is 0 Å². The van der Waals surface area contributed by atoms with Gasteiger partial charge in [-0.05, 0) is 35.4 Å². The average Bonchev–Trinajstić information content (AvgIpc) is 2.71. The number of benzene rings is 3. The number of nitrogens with one attached hydrogen (secondary N) is 1. The summed E-state index contributed by atoms with van der Waals surface area (Å²) in [7, 11) is 0. The van der Waals surface area contributed by atoms with Crippen LogP contribution in [0.5, 0.6) is 0 Å². The van der Waals surface area contributed by atoms with Crippen LogP contribution >= 0.6 is 23.5 Å². The van der Waals surface area contributed by atoms with Crippen LogP contribution in [-0.2, 0) is 4.79 Å². The Morgan fingerprint density at radius 3 is 2.11 bits per heavy atom. The van der Waals surface area contributed by atoms with Crippen LogP contribution in [0.3, 0.4) is 0 Å². The van der Waals surface area contributed by atoms with Gasteiger partial charge in [0.25, 0.3) is 0 Å². The Bertz CT molecular complexity index is 1010. The van der Waals surface area contributed by atoms with E-state index in [0.29, 0.717) is 5.69 Å². The van der Waals surface area contributed by atoms with Crippen molar-refractivity contribution in [1.82, 2.24) is 0 Å². The number of carboxylic acids is 1. The molecule has 1 heterocycles. The summed E-state index contributed by atoms with van der Waals surface area (Å²) in [5.74, 6) is -1.05. The van der Waals surface area contributed by atoms with Crippen LogP contribution in [0.1, 0.15) is 26.7 Å². The first-order valence-corrected chi connectivity index (χ1v) is 10.6. The minimum atomic E-state index is -1.06. The van der Waals surface area contributed by atoms with Crippen molar-refractivity contribution < 1.29 is 14.7 Å². The molecule has 0 bridgehead atoms. The van der Waals surface area contributed by atoms with Crippen molar-refractivity contribution in [2.75, 3.05) is 11.1 Å². The minimum absolute atomic E-state index is 0.0640. The lowest BCUT2D eigenvalue weighted by atomic mass is 10.0. The molecule has 0 fully saturated rings. The van der Waals surface area contributed by atoms with E-state index in [1.807, 2.05) is 24.3 Å². The maximum absolute atomic E-state index is 12.5. The fraction of sp³-hybridized carbons (Fsp3) is 0.0909. The number of hydrogen-bond acceptors (Lipinski definition) is 4. The van der Waals surface area contributed by atoms with Crippen LogP contribution in [0, 0.1) is 0 Å². The molecule has 1 aliphatic rings. The van der Waals surface area contributed by atoms with Gasteiger partial charge in [0.1, 0.15) is 0 Å². The molecular weight excluding hydrogens is 390 g/mol. The van der Waals surface area contributed by atoms with Crippen LogP contribution in [0.4, 0.5) is 5.69 Å². The lowest BCUT2D eigenvalue weighted by molar-refractivity contribution is -0.113. The minimum Gasteiger partial charge on any atom is -0.478 e. The van der Waals surface area contributed by atoms with Gasteiger partial charge in [0.15, 0.2) is 0 Å². The summed E-state index contributed by atoms with van der Waals surface area (Å²) in [5, 5.41) is 12.1. The van der Waals surface area contributed by atoms with Crippen molar-refractivity contribution in [3.05, 3.63) is 89.5 Å². The predicted molar refractivity (Wildman–Crippen MR) is 113 cm³/mol. The Hall–Kier alpha value is -2.70. The van der Waals surface area contributed by atoms with Crippen molar-refractivity contribution in [3.63, 3.8) is 0 Å². The van der Waals surface area contributed by atoms with Gasteiger partial charge in [-0.1, -0.05) is 60.3 Å². The van der Waals surface area contributed by atoms with Gasteiger partial charge >= 0.3 is 5.97 Å². The summed E-state index contributed by atoms with van der Waals surface area (Å²) in [6.07, 6.45) is 0. The van der Waals surface area contributed by atoms with Gasteiger partial charge in [0.2, 0.25) is 5.91 Å². The van der Waals surface area contributed by atoms with E-state index >= 15 is 0 Å². The third kappa shape index (κ3) is 3.79. The zero-order chi connectivity index (χ0) is 19.5. The van der Waals surface area contributed by atoms with E-state index < -0.39 is 5.97 Å². The Morgan fingerprint density at radius 2 is 1.46 bits per heavy atom. The van der Waals surface area contributed by atoms with Crippen molar-refractivity contribution in [2.45, 2.75) is 15.0 Å². The van der Waals surface area contributed by atoms with Gasteiger partial charge in [0, 0.05) is 9.79 Å². The van der Waals surface area contributed by atoms with Gasteiger partial charge in [-0.3, -0.25) is 4.79 Å². The second-order valence-electron chi connectivity index (χ2n) is 6.27. The molecule has 3 aromatic carbocycles. The van der Waals surface area contributed by atoms with E-state index in [9.17, 15) is 14.7 Å². The lowest BCUT2D eigenvalue weighted by Crippen LogP contribution is -2.18. The molecule has 0 saturated carbocycles. The fourth-order valence-corrected chi connectivity index (χ4v) is 5.62. The summed E-state index contributed by atoms with van der Waals surface area (Å²) >= 11 is 3.30. The molecule has 4 rings (SSSR count). The van der Waals surface area contributed by atoms with Gasteiger partial charge in [-0.25, -0.2) is 4.79 Å². The molecule has 2 N–H and O–H groups in total. The van der Waals surface area contributed by atoms with Gasteiger partial charge in [0.05, 0.1) is 22.3 Å². The Kier molecular flexibility index (Phi) is 5.41. The van der Waals surface area contributed by atoms with Crippen LogP contribution in [0.2, 0.25) is 0 Å². The maximum Gasteiger partial charge on any atom is 0.337 e. The van der Waals surface area contributed by atoms with Crippen molar-refractivity contribution in [2.24, 2.45) is 0 Å². The van der Waals surface area contributed by atoms with E-state index in [2.05, 4.69) is 29.6 Å². The molecule has 3 aromatic rings. The number of carboxylic acid groups (broad SMARTS) is 1. The predicted octanol–water partition coefficient (Wildman–Crippen LogP) is 5.31.